The van der Waals surface area contributed by atoms with Gasteiger partial charge in [0.05, 0.1) is 30.8 Å². The van der Waals surface area contributed by atoms with Crippen LogP contribution in [0.2, 0.25) is 5.02 Å². The molecular weight excluding hydrogens is 526 g/mol. The van der Waals surface area contributed by atoms with Gasteiger partial charge in [0.1, 0.15) is 6.54 Å². The summed E-state index contributed by atoms with van der Waals surface area (Å²) in [5.41, 5.74) is 2.41. The molecule has 4 rings (SSSR count). The lowest BCUT2D eigenvalue weighted by Gasteiger charge is -2.25. The number of carbonyl (C=O) groups excluding carboxylic acids is 1. The van der Waals surface area contributed by atoms with E-state index >= 15 is 0 Å². The molecule has 3 aromatic carbocycles. The van der Waals surface area contributed by atoms with Gasteiger partial charge < -0.3 is 19.7 Å². The van der Waals surface area contributed by atoms with Crippen molar-refractivity contribution in [1.29, 1.82) is 0 Å². The number of hydrogen-bond acceptors (Lipinski definition) is 6. The zero-order valence-electron chi connectivity index (χ0n) is 21.7. The number of nitrogens with zero attached hydrogens (tertiary/aromatic N) is 2. The summed E-state index contributed by atoms with van der Waals surface area (Å²) in [4.78, 5) is 15.5. The molecule has 0 radical (unpaired) electrons. The Morgan fingerprint density at radius 3 is 2.21 bits per heavy atom. The van der Waals surface area contributed by atoms with Crippen LogP contribution in [-0.4, -0.2) is 48.2 Å². The van der Waals surface area contributed by atoms with Gasteiger partial charge >= 0.3 is 0 Å². The van der Waals surface area contributed by atoms with E-state index in [0.717, 1.165) is 23.0 Å². The van der Waals surface area contributed by atoms with E-state index in [9.17, 15) is 13.2 Å². The van der Waals surface area contributed by atoms with Crippen LogP contribution in [0.15, 0.2) is 71.6 Å². The van der Waals surface area contributed by atoms with Crippen LogP contribution >= 0.6 is 11.6 Å². The number of carbonyl (C=O) groups is 1. The number of anilines is 2. The molecule has 0 aliphatic carbocycles. The normalized spacial score (nSPS) is 14.2. The fourth-order valence-electron chi connectivity index (χ4n) is 4.48. The van der Waals surface area contributed by atoms with Crippen LogP contribution in [-0.2, 0) is 14.8 Å². The third-order valence-corrected chi connectivity index (χ3v) is 8.61. The van der Waals surface area contributed by atoms with Crippen LogP contribution in [0.25, 0.3) is 0 Å². The molecule has 1 amide bonds. The minimum absolute atomic E-state index is 0.0385. The van der Waals surface area contributed by atoms with Gasteiger partial charge in [-0.1, -0.05) is 23.7 Å². The predicted octanol–water partition coefficient (Wildman–Crippen LogP) is 5.03. The van der Waals surface area contributed by atoms with Gasteiger partial charge in [-0.15, -0.1) is 0 Å². The van der Waals surface area contributed by atoms with Gasteiger partial charge in [-0.05, 0) is 73.9 Å². The van der Waals surface area contributed by atoms with Gasteiger partial charge in [0, 0.05) is 29.9 Å². The molecule has 3 aromatic rings. The molecule has 0 bridgehead atoms. The van der Waals surface area contributed by atoms with Crippen LogP contribution in [0.5, 0.6) is 11.5 Å². The number of halogens is 1. The molecule has 1 N–H and O–H groups in total. The van der Waals surface area contributed by atoms with Gasteiger partial charge in [0.2, 0.25) is 5.91 Å². The first-order chi connectivity index (χ1) is 18.2. The number of benzene rings is 3. The highest BCUT2D eigenvalue weighted by Crippen LogP contribution is 2.32. The van der Waals surface area contributed by atoms with E-state index in [1.54, 1.807) is 24.3 Å². The van der Waals surface area contributed by atoms with Gasteiger partial charge in [-0.2, -0.15) is 0 Å². The van der Waals surface area contributed by atoms with Gasteiger partial charge in [-0.25, -0.2) is 8.42 Å². The second-order valence-electron chi connectivity index (χ2n) is 9.08. The Bertz CT molecular complexity index is 1360. The van der Waals surface area contributed by atoms with Crippen molar-refractivity contribution < 1.29 is 22.7 Å². The molecule has 1 saturated heterocycles. The van der Waals surface area contributed by atoms with Crippen LogP contribution in [0.3, 0.4) is 0 Å². The summed E-state index contributed by atoms with van der Waals surface area (Å²) in [6, 6.07) is 18.4. The van der Waals surface area contributed by atoms with Gasteiger partial charge in [-0.3, -0.25) is 9.10 Å². The van der Waals surface area contributed by atoms with E-state index in [0.29, 0.717) is 16.5 Å². The molecule has 1 unspecified atom stereocenters. The average molecular weight is 558 g/mol. The molecule has 1 fully saturated rings. The maximum atomic E-state index is 13.8. The van der Waals surface area contributed by atoms with Crippen LogP contribution in [0.4, 0.5) is 11.4 Å². The fraction of sp³-hybridized carbons (Fsp3) is 0.321. The van der Waals surface area contributed by atoms with Crippen LogP contribution in [0, 0.1) is 0 Å². The summed E-state index contributed by atoms with van der Waals surface area (Å²) in [6.07, 6.45) is 2.40. The smallest absolute Gasteiger partial charge is 0.264 e. The molecule has 8 nitrogen and oxygen atoms in total. The Morgan fingerprint density at radius 2 is 1.61 bits per heavy atom. The quantitative estimate of drug-likeness (QED) is 0.376. The number of rotatable bonds is 10. The number of methoxy groups -OCH3 is 2. The molecule has 38 heavy (non-hydrogen) atoms. The number of hydrogen-bond donors (Lipinski definition) is 1. The first-order valence-electron chi connectivity index (χ1n) is 12.4. The second-order valence-corrected chi connectivity index (χ2v) is 11.4. The number of nitrogens with one attached hydrogen (secondary N) is 1. The third-order valence-electron chi connectivity index (χ3n) is 6.59. The molecule has 1 aliphatic heterocycles. The zero-order chi connectivity index (χ0) is 27.3. The highest BCUT2D eigenvalue weighted by atomic mass is 35.5. The number of amides is 1. The first-order valence-corrected chi connectivity index (χ1v) is 14.2. The van der Waals surface area contributed by atoms with E-state index in [4.69, 9.17) is 21.1 Å². The van der Waals surface area contributed by atoms with Crippen molar-refractivity contribution in [2.45, 2.75) is 30.7 Å². The van der Waals surface area contributed by atoms with E-state index < -0.39 is 22.5 Å². The third kappa shape index (κ3) is 6.16. The predicted molar refractivity (Wildman–Crippen MR) is 150 cm³/mol. The van der Waals surface area contributed by atoms with Crippen LogP contribution in [0.1, 0.15) is 31.4 Å². The van der Waals surface area contributed by atoms with Crippen molar-refractivity contribution in [2.24, 2.45) is 0 Å². The molecule has 0 saturated carbocycles. The zero-order valence-corrected chi connectivity index (χ0v) is 23.3. The number of sulfonamides is 1. The molecule has 0 aromatic heterocycles. The Hall–Kier alpha value is -3.43. The second kappa shape index (κ2) is 12.0. The molecule has 1 aliphatic rings. The maximum Gasteiger partial charge on any atom is 0.264 e. The van der Waals surface area contributed by atoms with Crippen molar-refractivity contribution in [3.05, 3.63) is 77.3 Å². The highest BCUT2D eigenvalue weighted by Gasteiger charge is 2.29. The van der Waals surface area contributed by atoms with Gasteiger partial charge in [0.25, 0.3) is 10.0 Å². The summed E-state index contributed by atoms with van der Waals surface area (Å²) in [7, 11) is -1.25. The van der Waals surface area contributed by atoms with E-state index in [-0.39, 0.29) is 16.7 Å². The summed E-state index contributed by atoms with van der Waals surface area (Å²) >= 11 is 6.03. The molecule has 10 heteroatoms. The molecule has 202 valence electrons. The van der Waals surface area contributed by atoms with Crippen molar-refractivity contribution in [1.82, 2.24) is 5.32 Å². The summed E-state index contributed by atoms with van der Waals surface area (Å²) in [6.45, 7) is 3.56. The lowest BCUT2D eigenvalue weighted by atomic mass is 10.1. The standard InChI is InChI=1S/C28H32ClN3O5S/c1-20(21-6-10-23(11-7-21)31-16-4-5-17-31)30-28(33)19-32(24-12-8-22(29)9-13-24)38(34,35)25-14-15-26(36-2)27(18-25)37-3/h6-15,18,20H,4-5,16-17,19H2,1-3H3,(H,30,33). The lowest BCUT2D eigenvalue weighted by molar-refractivity contribution is -0.120. The maximum absolute atomic E-state index is 13.8. The summed E-state index contributed by atoms with van der Waals surface area (Å²) < 4.78 is 39.1. The summed E-state index contributed by atoms with van der Waals surface area (Å²) in [5.74, 6) is 0.215. The fourth-order valence-corrected chi connectivity index (χ4v) is 6.04. The largest absolute Gasteiger partial charge is 0.493 e. The lowest BCUT2D eigenvalue weighted by Crippen LogP contribution is -2.41. The van der Waals surface area contributed by atoms with Crippen molar-refractivity contribution in [3.8, 4) is 11.5 Å². The van der Waals surface area contributed by atoms with Crippen molar-refractivity contribution in [2.75, 3.05) is 43.1 Å². The SMILES string of the molecule is COc1ccc(S(=O)(=O)N(CC(=O)NC(C)c2ccc(N3CCCC3)cc2)c2ccc(Cl)cc2)cc1OC. The molecule has 1 heterocycles. The Balaban J connectivity index is 1.55. The van der Waals surface area contributed by atoms with Crippen LogP contribution < -0.4 is 24.0 Å². The van der Waals surface area contributed by atoms with Crippen molar-refractivity contribution >= 4 is 38.9 Å². The van der Waals surface area contributed by atoms with Crippen molar-refractivity contribution in [3.63, 3.8) is 0 Å². The first kappa shape index (κ1) is 27.6. The average Bonchev–Trinajstić information content (AvgIpc) is 3.47. The van der Waals surface area contributed by atoms with E-state index in [1.165, 1.54) is 50.9 Å². The van der Waals surface area contributed by atoms with E-state index in [2.05, 4.69) is 22.3 Å². The Kier molecular flexibility index (Phi) is 8.69. The number of ether oxygens (including phenoxy) is 2. The Morgan fingerprint density at radius 1 is 0.974 bits per heavy atom. The molecule has 0 spiro atoms. The topological polar surface area (TPSA) is 88.2 Å². The minimum atomic E-state index is -4.15. The molecular formula is C28H32ClN3O5S. The highest BCUT2D eigenvalue weighted by molar-refractivity contribution is 7.92. The van der Waals surface area contributed by atoms with Gasteiger partial charge in [0.15, 0.2) is 11.5 Å². The molecule has 1 atom stereocenters. The monoisotopic (exact) mass is 557 g/mol. The summed E-state index contributed by atoms with van der Waals surface area (Å²) in [5, 5.41) is 3.38. The van der Waals surface area contributed by atoms with E-state index in [1.807, 2.05) is 19.1 Å². The Labute approximate surface area is 229 Å². The minimum Gasteiger partial charge on any atom is -0.493 e.